The van der Waals surface area contributed by atoms with E-state index < -0.39 is 0 Å². The van der Waals surface area contributed by atoms with Crippen molar-refractivity contribution in [1.29, 1.82) is 0 Å². The van der Waals surface area contributed by atoms with E-state index in [2.05, 4.69) is 19.2 Å². The summed E-state index contributed by atoms with van der Waals surface area (Å²) >= 11 is 0. The van der Waals surface area contributed by atoms with Gasteiger partial charge in [-0.25, -0.2) is 0 Å². The van der Waals surface area contributed by atoms with Gasteiger partial charge in [-0.2, -0.15) is 0 Å². The minimum atomic E-state index is 0. The van der Waals surface area contributed by atoms with Crippen LogP contribution in [0.2, 0.25) is 0 Å². The Balaban J connectivity index is 0.000000810. The van der Waals surface area contributed by atoms with E-state index in [0.717, 1.165) is 25.6 Å². The van der Waals surface area contributed by atoms with Gasteiger partial charge >= 0.3 is 0 Å². The van der Waals surface area contributed by atoms with E-state index >= 15 is 0 Å². The van der Waals surface area contributed by atoms with Gasteiger partial charge in [0.2, 0.25) is 0 Å². The number of nitrogens with one attached hydrogen (secondary N) is 1. The summed E-state index contributed by atoms with van der Waals surface area (Å²) in [7, 11) is 0. The molecule has 0 bridgehead atoms. The predicted molar refractivity (Wildman–Crippen MR) is 39.6 cm³/mol. The maximum absolute atomic E-state index is 5.41. The molecule has 56 valence electrons. The first kappa shape index (κ1) is 7.03. The van der Waals surface area contributed by atoms with Crippen LogP contribution < -0.4 is 5.32 Å². The van der Waals surface area contributed by atoms with Gasteiger partial charge in [0.1, 0.15) is 0 Å². The van der Waals surface area contributed by atoms with Crippen LogP contribution in [0, 0.1) is 5.92 Å². The molecular formula is C7H17NO. The van der Waals surface area contributed by atoms with Crippen molar-refractivity contribution in [3.8, 4) is 0 Å². The molecule has 2 nitrogen and oxygen atoms in total. The van der Waals surface area contributed by atoms with Crippen LogP contribution in [-0.4, -0.2) is 25.8 Å². The molecule has 0 aliphatic carbocycles. The minimum Gasteiger partial charge on any atom is -0.378 e. The maximum Gasteiger partial charge on any atom is 0.0522 e. The van der Waals surface area contributed by atoms with E-state index in [-0.39, 0.29) is 1.43 Å². The van der Waals surface area contributed by atoms with Crippen molar-refractivity contribution in [3.63, 3.8) is 0 Å². The fourth-order valence-electron chi connectivity index (χ4n) is 0.795. The molecule has 0 aromatic heterocycles. The Bertz CT molecular complexity index is 83.7. The van der Waals surface area contributed by atoms with Crippen LogP contribution in [0.5, 0.6) is 0 Å². The van der Waals surface area contributed by atoms with Gasteiger partial charge in [-0.1, -0.05) is 0 Å². The van der Waals surface area contributed by atoms with Crippen LogP contribution in [0.15, 0.2) is 0 Å². The normalized spacial score (nSPS) is 20.3. The summed E-state index contributed by atoms with van der Waals surface area (Å²) in [6.07, 6.45) is 0.394. The lowest BCUT2D eigenvalue weighted by atomic mass is 10.1. The predicted octanol–water partition coefficient (Wildman–Crippen LogP) is 0.877. The summed E-state index contributed by atoms with van der Waals surface area (Å²) in [5.74, 6) is 0.785. The second-order valence-electron chi connectivity index (χ2n) is 2.91. The summed E-state index contributed by atoms with van der Waals surface area (Å²) < 4.78 is 5.41. The summed E-state index contributed by atoms with van der Waals surface area (Å²) in [6.45, 7) is 7.38. The van der Waals surface area contributed by atoms with Gasteiger partial charge in [-0.3, -0.25) is 0 Å². The van der Waals surface area contributed by atoms with Gasteiger partial charge in [0.05, 0.1) is 12.7 Å². The second kappa shape index (κ2) is 3.18. The Morgan fingerprint density at radius 3 is 2.67 bits per heavy atom. The molecule has 0 aromatic rings. The van der Waals surface area contributed by atoms with Gasteiger partial charge < -0.3 is 10.1 Å². The molecule has 0 unspecified atom stereocenters. The quantitative estimate of drug-likeness (QED) is 0.614. The highest BCUT2D eigenvalue weighted by molar-refractivity contribution is 4.73. The van der Waals surface area contributed by atoms with Gasteiger partial charge in [-0.15, -0.1) is 0 Å². The first-order chi connectivity index (χ1) is 4.29. The van der Waals surface area contributed by atoms with E-state index in [1.165, 1.54) is 0 Å². The van der Waals surface area contributed by atoms with Crippen LogP contribution in [-0.2, 0) is 4.74 Å². The molecule has 0 aromatic carbocycles. The highest BCUT2D eigenvalue weighted by Crippen LogP contribution is 2.03. The molecule has 1 aliphatic rings. The standard InChI is InChI=1S/C7H15NO.H2/c1-6(2)9-5-7-3-8-4-7;/h6-8H,3-5H2,1-2H3;1H. The molecule has 1 fully saturated rings. The van der Waals surface area contributed by atoms with E-state index in [4.69, 9.17) is 4.74 Å². The summed E-state index contributed by atoms with van der Waals surface area (Å²) in [4.78, 5) is 0. The summed E-state index contributed by atoms with van der Waals surface area (Å²) in [6, 6.07) is 0. The van der Waals surface area contributed by atoms with E-state index in [1.54, 1.807) is 0 Å². The molecular weight excluding hydrogens is 114 g/mol. The fraction of sp³-hybridized carbons (Fsp3) is 1.00. The highest BCUT2D eigenvalue weighted by Gasteiger charge is 2.16. The Hall–Kier alpha value is -0.0800. The van der Waals surface area contributed by atoms with Gasteiger partial charge in [-0.05, 0) is 13.8 Å². The zero-order valence-corrected chi connectivity index (χ0v) is 6.18. The third kappa shape index (κ3) is 2.33. The molecule has 0 amide bonds. The van der Waals surface area contributed by atoms with E-state index in [9.17, 15) is 0 Å². The highest BCUT2D eigenvalue weighted by atomic mass is 16.5. The molecule has 9 heavy (non-hydrogen) atoms. The lowest BCUT2D eigenvalue weighted by Gasteiger charge is -2.27. The number of rotatable bonds is 3. The molecule has 1 saturated heterocycles. The molecule has 2 heteroatoms. The molecule has 1 heterocycles. The zero-order valence-electron chi connectivity index (χ0n) is 6.18. The van der Waals surface area contributed by atoms with Crippen molar-refractivity contribution < 1.29 is 6.16 Å². The van der Waals surface area contributed by atoms with Crippen LogP contribution in [0.3, 0.4) is 0 Å². The number of hydrogen-bond donors (Lipinski definition) is 1. The van der Waals surface area contributed by atoms with Crippen LogP contribution in [0.1, 0.15) is 15.3 Å². The lowest BCUT2D eigenvalue weighted by Crippen LogP contribution is -2.44. The molecule has 1 rings (SSSR count). The smallest absolute Gasteiger partial charge is 0.0522 e. The zero-order chi connectivity index (χ0) is 6.69. The number of ether oxygens (including phenoxy) is 1. The lowest BCUT2D eigenvalue weighted by molar-refractivity contribution is 0.0373. The molecule has 0 saturated carbocycles. The Labute approximate surface area is 58.1 Å². The van der Waals surface area contributed by atoms with Crippen molar-refractivity contribution in [2.24, 2.45) is 5.92 Å². The SMILES string of the molecule is CC(C)OCC1CNC1.[HH]. The fourth-order valence-corrected chi connectivity index (χ4v) is 0.795. The largest absolute Gasteiger partial charge is 0.378 e. The van der Waals surface area contributed by atoms with Crippen LogP contribution >= 0.6 is 0 Å². The summed E-state index contributed by atoms with van der Waals surface area (Å²) in [5.41, 5.74) is 0. The van der Waals surface area contributed by atoms with Crippen molar-refractivity contribution in [2.45, 2.75) is 20.0 Å². The Morgan fingerprint density at radius 2 is 2.33 bits per heavy atom. The van der Waals surface area contributed by atoms with Gasteiger partial charge in [0.25, 0.3) is 0 Å². The third-order valence-electron chi connectivity index (χ3n) is 1.53. The van der Waals surface area contributed by atoms with Crippen LogP contribution in [0.4, 0.5) is 0 Å². The minimum absolute atomic E-state index is 0. The average Bonchev–Trinajstić information content (AvgIpc) is 1.60. The van der Waals surface area contributed by atoms with Crippen molar-refractivity contribution in [2.75, 3.05) is 19.7 Å². The van der Waals surface area contributed by atoms with Crippen molar-refractivity contribution in [3.05, 3.63) is 0 Å². The maximum atomic E-state index is 5.41. The Kier molecular flexibility index (Phi) is 2.49. The van der Waals surface area contributed by atoms with E-state index in [0.29, 0.717) is 6.10 Å². The van der Waals surface area contributed by atoms with E-state index in [1.807, 2.05) is 0 Å². The molecule has 0 spiro atoms. The van der Waals surface area contributed by atoms with Crippen molar-refractivity contribution in [1.82, 2.24) is 5.32 Å². The average molecular weight is 131 g/mol. The number of hydrogen-bond acceptors (Lipinski definition) is 2. The topological polar surface area (TPSA) is 21.3 Å². The van der Waals surface area contributed by atoms with Crippen molar-refractivity contribution >= 4 is 0 Å². The second-order valence-corrected chi connectivity index (χ2v) is 2.91. The van der Waals surface area contributed by atoms with Crippen LogP contribution in [0.25, 0.3) is 0 Å². The molecule has 1 aliphatic heterocycles. The molecule has 1 N–H and O–H groups in total. The third-order valence-corrected chi connectivity index (χ3v) is 1.53. The molecule has 0 radical (unpaired) electrons. The first-order valence-corrected chi connectivity index (χ1v) is 3.61. The first-order valence-electron chi connectivity index (χ1n) is 3.61. The van der Waals surface area contributed by atoms with Gasteiger partial charge in [0.15, 0.2) is 0 Å². The molecule has 0 atom stereocenters. The summed E-state index contributed by atoms with van der Waals surface area (Å²) in [5, 5.41) is 3.20. The van der Waals surface area contributed by atoms with Gasteiger partial charge in [0, 0.05) is 20.4 Å². The monoisotopic (exact) mass is 131 g/mol. The Morgan fingerprint density at radius 1 is 1.67 bits per heavy atom.